The second-order valence-electron chi connectivity index (χ2n) is 7.18. The maximum absolute atomic E-state index is 13.1. The van der Waals surface area contributed by atoms with Crippen LogP contribution in [0.5, 0.6) is 0 Å². The largest absolute Gasteiger partial charge is 0.383 e. The number of nitrogens with zero attached hydrogens (tertiary/aromatic N) is 4. The van der Waals surface area contributed by atoms with E-state index in [2.05, 4.69) is 5.10 Å². The van der Waals surface area contributed by atoms with E-state index in [4.69, 9.17) is 9.47 Å². The van der Waals surface area contributed by atoms with Crippen molar-refractivity contribution < 1.29 is 19.1 Å². The highest BCUT2D eigenvalue weighted by Gasteiger charge is 2.66. The lowest BCUT2D eigenvalue weighted by molar-refractivity contribution is -0.142. The van der Waals surface area contributed by atoms with Gasteiger partial charge in [-0.05, 0) is 6.07 Å². The fraction of sp³-hybridized carbons (Fsp3) is 0.611. The molecule has 0 N–H and O–H groups in total. The molecule has 1 aromatic rings. The Kier molecular flexibility index (Phi) is 4.32. The molecule has 3 aliphatic rings. The van der Waals surface area contributed by atoms with Gasteiger partial charge in [0.05, 0.1) is 37.6 Å². The Hall–Kier alpha value is -2.19. The third-order valence-corrected chi connectivity index (χ3v) is 5.63. The maximum atomic E-state index is 13.1. The van der Waals surface area contributed by atoms with Gasteiger partial charge in [0.1, 0.15) is 5.60 Å². The summed E-state index contributed by atoms with van der Waals surface area (Å²) in [6.45, 7) is 2.64. The summed E-state index contributed by atoms with van der Waals surface area (Å²) in [4.78, 5) is 29.5. The SMILES string of the molecule is COCCN1C[C@]23C=C[C@H](O2)[C@@H](C(=O)N(C)CCn2cccn2)[C@@H]3C1=O. The first-order valence-corrected chi connectivity index (χ1v) is 8.93. The lowest BCUT2D eigenvalue weighted by Gasteiger charge is -2.27. The van der Waals surface area contributed by atoms with E-state index in [-0.39, 0.29) is 17.9 Å². The molecule has 2 bridgehead atoms. The van der Waals surface area contributed by atoms with Gasteiger partial charge in [-0.3, -0.25) is 14.3 Å². The van der Waals surface area contributed by atoms with Crippen molar-refractivity contribution in [2.24, 2.45) is 11.8 Å². The quantitative estimate of drug-likeness (QED) is 0.628. The molecule has 2 fully saturated rings. The summed E-state index contributed by atoms with van der Waals surface area (Å²) in [5, 5.41) is 4.16. The molecule has 0 aromatic carbocycles. The second kappa shape index (κ2) is 6.51. The standard InChI is InChI=1S/C18H24N4O4/c1-20(8-9-22-7-3-6-19-22)16(23)14-13-4-5-18(26-13)12-21(10-11-25-2)17(24)15(14)18/h3-7,13-15H,8-12H2,1-2H3/t13-,14+,15+,18-/m0/s1. The smallest absolute Gasteiger partial charge is 0.230 e. The van der Waals surface area contributed by atoms with Crippen LogP contribution in [0.15, 0.2) is 30.6 Å². The molecule has 1 aromatic heterocycles. The van der Waals surface area contributed by atoms with Crippen LogP contribution >= 0.6 is 0 Å². The molecular formula is C18H24N4O4. The highest BCUT2D eigenvalue weighted by molar-refractivity contribution is 5.93. The minimum atomic E-state index is -0.654. The number of fused-ring (bicyclic) bond motifs is 1. The lowest BCUT2D eigenvalue weighted by atomic mass is 9.76. The van der Waals surface area contributed by atoms with Crippen LogP contribution in [-0.4, -0.2) is 83.5 Å². The van der Waals surface area contributed by atoms with E-state index < -0.39 is 17.4 Å². The van der Waals surface area contributed by atoms with Gasteiger partial charge in [0.25, 0.3) is 0 Å². The van der Waals surface area contributed by atoms with Crippen molar-refractivity contribution in [2.45, 2.75) is 18.2 Å². The van der Waals surface area contributed by atoms with Gasteiger partial charge in [-0.1, -0.05) is 12.2 Å². The van der Waals surface area contributed by atoms with Crippen LogP contribution in [0.25, 0.3) is 0 Å². The van der Waals surface area contributed by atoms with Crippen molar-refractivity contribution in [1.82, 2.24) is 19.6 Å². The summed E-state index contributed by atoms with van der Waals surface area (Å²) in [6.07, 6.45) is 7.18. The molecule has 3 aliphatic heterocycles. The van der Waals surface area contributed by atoms with Gasteiger partial charge in [0.2, 0.25) is 11.8 Å². The number of methoxy groups -OCH3 is 1. The topological polar surface area (TPSA) is 76.9 Å². The van der Waals surface area contributed by atoms with Crippen LogP contribution in [0, 0.1) is 11.8 Å². The summed E-state index contributed by atoms with van der Waals surface area (Å²) >= 11 is 0. The number of amides is 2. The lowest BCUT2D eigenvalue weighted by Crippen LogP contribution is -2.45. The first-order valence-electron chi connectivity index (χ1n) is 8.93. The van der Waals surface area contributed by atoms with Crippen LogP contribution in [0.4, 0.5) is 0 Å². The van der Waals surface area contributed by atoms with E-state index in [9.17, 15) is 9.59 Å². The molecule has 2 amide bonds. The Morgan fingerprint density at radius 3 is 3.08 bits per heavy atom. The number of likely N-dealkylation sites (tertiary alicyclic amines) is 1. The Morgan fingerprint density at radius 2 is 2.35 bits per heavy atom. The summed E-state index contributed by atoms with van der Waals surface area (Å²) < 4.78 is 13.0. The molecule has 1 spiro atoms. The fourth-order valence-corrected chi connectivity index (χ4v) is 4.30. The number of likely N-dealkylation sites (N-methyl/N-ethyl adjacent to an activating group) is 1. The van der Waals surface area contributed by atoms with Crippen molar-refractivity contribution in [3.05, 3.63) is 30.6 Å². The Balaban J connectivity index is 1.47. The number of hydrogen-bond acceptors (Lipinski definition) is 5. The van der Waals surface area contributed by atoms with Crippen molar-refractivity contribution >= 4 is 11.8 Å². The van der Waals surface area contributed by atoms with E-state index >= 15 is 0 Å². The number of carbonyl (C=O) groups excluding carboxylic acids is 2. The normalized spacial score (nSPS) is 31.7. The summed E-state index contributed by atoms with van der Waals surface area (Å²) in [5.41, 5.74) is -0.654. The van der Waals surface area contributed by atoms with E-state index in [1.807, 2.05) is 24.4 Å². The molecule has 0 aliphatic carbocycles. The molecule has 4 rings (SSSR count). The average Bonchev–Trinajstić information content (AvgIpc) is 3.39. The molecule has 4 atom stereocenters. The number of rotatable bonds is 7. The number of aromatic nitrogens is 2. The Bertz CT molecular complexity index is 719. The maximum Gasteiger partial charge on any atom is 0.230 e. The molecule has 0 saturated carbocycles. The molecule has 4 heterocycles. The van der Waals surface area contributed by atoms with Crippen LogP contribution < -0.4 is 0 Å². The molecular weight excluding hydrogens is 336 g/mol. The minimum Gasteiger partial charge on any atom is -0.383 e. The average molecular weight is 360 g/mol. The summed E-state index contributed by atoms with van der Waals surface area (Å²) in [5.74, 6) is -0.940. The van der Waals surface area contributed by atoms with Gasteiger partial charge in [-0.2, -0.15) is 5.10 Å². The number of hydrogen-bond donors (Lipinski definition) is 0. The third-order valence-electron chi connectivity index (χ3n) is 5.63. The van der Waals surface area contributed by atoms with E-state index in [1.54, 1.807) is 34.8 Å². The van der Waals surface area contributed by atoms with E-state index in [0.29, 0.717) is 32.8 Å². The first-order chi connectivity index (χ1) is 12.6. The van der Waals surface area contributed by atoms with E-state index in [0.717, 1.165) is 0 Å². The summed E-state index contributed by atoms with van der Waals surface area (Å²) in [6, 6.07) is 1.85. The van der Waals surface area contributed by atoms with Gasteiger partial charge < -0.3 is 19.3 Å². The van der Waals surface area contributed by atoms with Crippen molar-refractivity contribution in [3.63, 3.8) is 0 Å². The van der Waals surface area contributed by atoms with Crippen LogP contribution in [0.2, 0.25) is 0 Å². The third kappa shape index (κ3) is 2.64. The molecule has 140 valence electrons. The zero-order chi connectivity index (χ0) is 18.3. The zero-order valence-corrected chi connectivity index (χ0v) is 15.1. The van der Waals surface area contributed by atoms with Crippen molar-refractivity contribution in [3.8, 4) is 0 Å². The molecule has 8 nitrogen and oxygen atoms in total. The molecule has 26 heavy (non-hydrogen) atoms. The highest BCUT2D eigenvalue weighted by atomic mass is 16.5. The summed E-state index contributed by atoms with van der Waals surface area (Å²) in [7, 11) is 3.39. The molecule has 2 saturated heterocycles. The van der Waals surface area contributed by atoms with E-state index in [1.165, 1.54) is 0 Å². The highest BCUT2D eigenvalue weighted by Crippen LogP contribution is 2.52. The predicted molar refractivity (Wildman–Crippen MR) is 92.0 cm³/mol. The molecule has 0 radical (unpaired) electrons. The van der Waals surface area contributed by atoms with Gasteiger partial charge in [-0.25, -0.2) is 0 Å². The molecule has 8 heteroatoms. The van der Waals surface area contributed by atoms with Gasteiger partial charge in [-0.15, -0.1) is 0 Å². The first kappa shape index (κ1) is 17.2. The number of ether oxygens (including phenoxy) is 2. The Labute approximate surface area is 152 Å². The van der Waals surface area contributed by atoms with Gasteiger partial charge >= 0.3 is 0 Å². The number of carbonyl (C=O) groups is 2. The minimum absolute atomic E-state index is 0.00673. The predicted octanol–water partition coefficient (Wildman–Crippen LogP) is -0.230. The second-order valence-corrected chi connectivity index (χ2v) is 7.18. The van der Waals surface area contributed by atoms with Gasteiger partial charge in [0, 0.05) is 39.6 Å². The van der Waals surface area contributed by atoms with Gasteiger partial charge in [0.15, 0.2) is 0 Å². The van der Waals surface area contributed by atoms with Crippen molar-refractivity contribution in [1.29, 1.82) is 0 Å². The fourth-order valence-electron chi connectivity index (χ4n) is 4.30. The zero-order valence-electron chi connectivity index (χ0n) is 15.1. The van der Waals surface area contributed by atoms with Crippen molar-refractivity contribution in [2.75, 3.05) is 40.4 Å². The Morgan fingerprint density at radius 1 is 1.50 bits per heavy atom. The molecule has 0 unspecified atom stereocenters. The monoisotopic (exact) mass is 360 g/mol. The van der Waals surface area contributed by atoms with Crippen LogP contribution in [0.3, 0.4) is 0 Å². The van der Waals surface area contributed by atoms with Crippen LogP contribution in [0.1, 0.15) is 0 Å². The van der Waals surface area contributed by atoms with Crippen LogP contribution in [-0.2, 0) is 25.6 Å².